The van der Waals surface area contributed by atoms with E-state index in [4.69, 9.17) is 10.9 Å². The molecule has 1 aromatic rings. The third-order valence-corrected chi connectivity index (χ3v) is 0.593. The number of nitrogen functional groups attached to an aromatic ring is 1. The van der Waals surface area contributed by atoms with Gasteiger partial charge in [0.05, 0.1) is 0 Å². The van der Waals surface area contributed by atoms with Gasteiger partial charge in [0.25, 0.3) is 0 Å². The smallest absolute Gasteiger partial charge is 0.0460 e. The number of hydrogen-bond donors (Lipinski definition) is 2. The summed E-state index contributed by atoms with van der Waals surface area (Å²) in [6, 6.07) is 0. The molecule has 3 N–H and O–H groups in total. The van der Waals surface area contributed by atoms with Gasteiger partial charge in [0.15, 0.2) is 0 Å². The van der Waals surface area contributed by atoms with E-state index in [1.165, 1.54) is 0 Å². The van der Waals surface area contributed by atoms with Crippen LogP contribution in [0.2, 0.25) is 0 Å². The standard InChI is InChI=1S/C3H4N3O.Re/c4-3-1-5-2-6(3)7;/h2,7H,4H2;/q-1;. The molecule has 0 bridgehead atoms. The normalized spacial score (nSPS) is 8.00. The second kappa shape index (κ2) is 2.70. The van der Waals surface area contributed by atoms with E-state index in [9.17, 15) is 0 Å². The van der Waals surface area contributed by atoms with Crippen LogP contribution >= 0.6 is 0 Å². The molecule has 4 nitrogen and oxygen atoms in total. The van der Waals surface area contributed by atoms with E-state index < -0.39 is 0 Å². The molecule has 0 aromatic carbocycles. The van der Waals surface area contributed by atoms with Crippen LogP contribution in [0.15, 0.2) is 6.33 Å². The van der Waals surface area contributed by atoms with Crippen molar-refractivity contribution < 1.29 is 25.6 Å². The van der Waals surface area contributed by atoms with Gasteiger partial charge in [-0.15, -0.1) is 6.20 Å². The molecule has 5 heteroatoms. The molecule has 0 saturated heterocycles. The van der Waals surface area contributed by atoms with E-state index in [1.807, 2.05) is 0 Å². The van der Waals surface area contributed by atoms with Crippen LogP contribution in [-0.4, -0.2) is 14.9 Å². The van der Waals surface area contributed by atoms with Crippen molar-refractivity contribution in [1.29, 1.82) is 0 Å². The van der Waals surface area contributed by atoms with Crippen molar-refractivity contribution in [1.82, 2.24) is 9.71 Å². The summed E-state index contributed by atoms with van der Waals surface area (Å²) in [5.74, 6) is 0.125. The molecule has 0 unspecified atom stereocenters. The van der Waals surface area contributed by atoms with Crippen molar-refractivity contribution in [2.75, 3.05) is 5.73 Å². The van der Waals surface area contributed by atoms with E-state index in [1.54, 1.807) is 0 Å². The Labute approximate surface area is 59.9 Å². The summed E-state index contributed by atoms with van der Waals surface area (Å²) in [5, 5.41) is 8.46. The second-order valence-corrected chi connectivity index (χ2v) is 1.09. The summed E-state index contributed by atoms with van der Waals surface area (Å²) >= 11 is 0. The molecule has 45 valence electrons. The van der Waals surface area contributed by atoms with Gasteiger partial charge in [0, 0.05) is 26.2 Å². The summed E-state index contributed by atoms with van der Waals surface area (Å²) in [5.41, 5.74) is 5.03. The number of aromatic nitrogens is 2. The Morgan fingerprint density at radius 2 is 2.50 bits per heavy atom. The van der Waals surface area contributed by atoms with Gasteiger partial charge in [0.1, 0.15) is 0 Å². The van der Waals surface area contributed by atoms with Gasteiger partial charge < -0.3 is 15.9 Å². The summed E-state index contributed by atoms with van der Waals surface area (Å²) in [7, 11) is 0. The maximum atomic E-state index is 8.46. The SMILES string of the molecule is Nc1[c-]ncn1O.[Re]. The molecule has 1 rings (SSSR count). The Morgan fingerprint density at radius 3 is 2.62 bits per heavy atom. The topological polar surface area (TPSA) is 64.1 Å². The molecule has 1 heterocycles. The largest absolute Gasteiger partial charge is 0.444 e. The minimum absolute atomic E-state index is 0. The number of hydrogen-bond acceptors (Lipinski definition) is 3. The van der Waals surface area contributed by atoms with Crippen molar-refractivity contribution in [3.63, 3.8) is 0 Å². The Bertz CT molecular complexity index is 147. The van der Waals surface area contributed by atoms with Crippen LogP contribution in [0.25, 0.3) is 0 Å². The van der Waals surface area contributed by atoms with Gasteiger partial charge in [-0.2, -0.15) is 0 Å². The molecule has 0 saturated carbocycles. The van der Waals surface area contributed by atoms with Crippen LogP contribution in [0.4, 0.5) is 5.82 Å². The second-order valence-electron chi connectivity index (χ2n) is 1.09. The molecule has 1 aromatic heterocycles. The van der Waals surface area contributed by atoms with Crippen molar-refractivity contribution in [3.05, 3.63) is 12.5 Å². The maximum absolute atomic E-state index is 8.46. The number of nitrogens with two attached hydrogens (primary N) is 1. The Morgan fingerprint density at radius 1 is 1.88 bits per heavy atom. The molecule has 8 heavy (non-hydrogen) atoms. The molecular weight excluding hydrogens is 280 g/mol. The number of nitrogens with zero attached hydrogens (tertiary/aromatic N) is 2. The first-order chi connectivity index (χ1) is 3.30. The molecule has 0 amide bonds. The molecule has 0 aliphatic heterocycles. The van der Waals surface area contributed by atoms with Gasteiger partial charge >= 0.3 is 0 Å². The minimum atomic E-state index is 0. The van der Waals surface area contributed by atoms with E-state index >= 15 is 0 Å². The van der Waals surface area contributed by atoms with Crippen LogP contribution in [0.5, 0.6) is 0 Å². The number of rotatable bonds is 0. The average Bonchev–Trinajstić information content (AvgIpc) is 1.91. The molecule has 0 aliphatic carbocycles. The summed E-state index contributed by atoms with van der Waals surface area (Å²) in [6.45, 7) is 0. The molecule has 0 atom stereocenters. The maximum Gasteiger partial charge on any atom is 0.0460 e. The quantitative estimate of drug-likeness (QED) is 0.499. The van der Waals surface area contributed by atoms with Crippen molar-refractivity contribution >= 4 is 5.82 Å². The van der Waals surface area contributed by atoms with Gasteiger partial charge in [-0.25, -0.2) is 0 Å². The molecular formula is C3H4N3ORe-. The third kappa shape index (κ3) is 1.22. The molecule has 0 spiro atoms. The molecule has 0 aliphatic rings. The van der Waals surface area contributed by atoms with Crippen molar-refractivity contribution in [3.8, 4) is 0 Å². The molecule has 1 radical (unpaired) electrons. The fraction of sp³-hybridized carbons (Fsp3) is 0. The van der Waals surface area contributed by atoms with Crippen LogP contribution < -0.4 is 5.73 Å². The Hall–Kier alpha value is -0.528. The minimum Gasteiger partial charge on any atom is -0.444 e. The summed E-state index contributed by atoms with van der Waals surface area (Å²) < 4.78 is 0.694. The van der Waals surface area contributed by atoms with Crippen LogP contribution in [0.3, 0.4) is 0 Å². The van der Waals surface area contributed by atoms with Crippen LogP contribution in [0, 0.1) is 6.20 Å². The molecule has 0 fully saturated rings. The van der Waals surface area contributed by atoms with Gasteiger partial charge in [0.2, 0.25) is 0 Å². The van der Waals surface area contributed by atoms with Crippen molar-refractivity contribution in [2.24, 2.45) is 0 Å². The van der Waals surface area contributed by atoms with Crippen LogP contribution in [-0.2, 0) is 20.4 Å². The van der Waals surface area contributed by atoms with Gasteiger partial charge in [-0.3, -0.25) is 4.73 Å². The Kier molecular flexibility index (Phi) is 2.52. The van der Waals surface area contributed by atoms with Crippen LogP contribution in [0.1, 0.15) is 0 Å². The van der Waals surface area contributed by atoms with E-state index in [0.717, 1.165) is 6.33 Å². The monoisotopic (exact) mass is 285 g/mol. The number of anilines is 1. The predicted molar refractivity (Wildman–Crippen MR) is 22.7 cm³/mol. The van der Waals surface area contributed by atoms with E-state index in [-0.39, 0.29) is 26.2 Å². The van der Waals surface area contributed by atoms with Gasteiger partial charge in [-0.1, -0.05) is 0 Å². The fourth-order valence-corrected chi connectivity index (χ4v) is 0.263. The summed E-state index contributed by atoms with van der Waals surface area (Å²) in [6.07, 6.45) is 3.47. The summed E-state index contributed by atoms with van der Waals surface area (Å²) in [4.78, 5) is 3.38. The average molecular weight is 284 g/mol. The first-order valence-corrected chi connectivity index (χ1v) is 1.70. The van der Waals surface area contributed by atoms with E-state index in [0.29, 0.717) is 4.73 Å². The zero-order valence-corrected chi connectivity index (χ0v) is 6.59. The van der Waals surface area contributed by atoms with Crippen molar-refractivity contribution in [2.45, 2.75) is 0 Å². The van der Waals surface area contributed by atoms with E-state index in [2.05, 4.69) is 11.2 Å². The first-order valence-electron chi connectivity index (χ1n) is 1.70. The van der Waals surface area contributed by atoms with Gasteiger partial charge in [-0.05, 0) is 6.33 Å². The zero-order valence-electron chi connectivity index (χ0n) is 3.87. The zero-order chi connectivity index (χ0) is 5.28. The predicted octanol–water partition coefficient (Wildman–Crippen LogP) is -0.500. The fourth-order valence-electron chi connectivity index (χ4n) is 0.263. The third-order valence-electron chi connectivity index (χ3n) is 0.593. The first kappa shape index (κ1) is 7.47. The Balaban J connectivity index is 0.000000490. The number of imidazole rings is 1.